The van der Waals surface area contributed by atoms with Crippen LogP contribution in [-0.4, -0.2) is 5.97 Å². The molecule has 2 nitrogen and oxygen atoms in total. The fourth-order valence-electron chi connectivity index (χ4n) is 1.91. The highest BCUT2D eigenvalue weighted by atomic mass is 19.1. The molecule has 3 heteroatoms. The quantitative estimate of drug-likeness (QED) is 0.733. The maximum absolute atomic E-state index is 13.2. The van der Waals surface area contributed by atoms with Crippen molar-refractivity contribution in [2.45, 2.75) is 39.2 Å². The Bertz CT molecular complexity index is 370. The number of carbonyl (C=O) groups is 1. The van der Waals surface area contributed by atoms with Crippen molar-refractivity contribution in [1.29, 1.82) is 0 Å². The Balaban J connectivity index is 3.14. The van der Waals surface area contributed by atoms with Gasteiger partial charge in [0.25, 0.3) is 0 Å². The van der Waals surface area contributed by atoms with Crippen molar-refractivity contribution in [3.63, 3.8) is 0 Å². The lowest BCUT2D eigenvalue weighted by Gasteiger charge is -2.31. The van der Waals surface area contributed by atoms with Crippen molar-refractivity contribution in [2.24, 2.45) is 0 Å². The molecule has 0 N–H and O–H groups in total. The first-order chi connectivity index (χ1) is 7.54. The molecular formula is C13H17FO2. The van der Waals surface area contributed by atoms with Gasteiger partial charge in [-0.05, 0) is 30.5 Å². The van der Waals surface area contributed by atoms with Crippen LogP contribution in [0.1, 0.15) is 39.2 Å². The molecule has 0 unspecified atom stereocenters. The van der Waals surface area contributed by atoms with Crippen LogP contribution in [0.3, 0.4) is 0 Å². The average Bonchev–Trinajstić information content (AvgIpc) is 2.25. The Morgan fingerprint density at radius 2 is 2.00 bits per heavy atom. The summed E-state index contributed by atoms with van der Waals surface area (Å²) in [5, 5.41) is 0. The van der Waals surface area contributed by atoms with E-state index in [-0.39, 0.29) is 11.8 Å². The van der Waals surface area contributed by atoms with Gasteiger partial charge >= 0.3 is 5.97 Å². The zero-order valence-corrected chi connectivity index (χ0v) is 9.92. The van der Waals surface area contributed by atoms with Gasteiger partial charge in [-0.15, -0.1) is 0 Å². The van der Waals surface area contributed by atoms with Gasteiger partial charge in [-0.25, -0.2) is 4.39 Å². The van der Waals surface area contributed by atoms with Crippen LogP contribution in [0, 0.1) is 5.82 Å². The monoisotopic (exact) mass is 224 g/mol. The van der Waals surface area contributed by atoms with E-state index in [2.05, 4.69) is 0 Å². The molecule has 0 fully saturated rings. The van der Waals surface area contributed by atoms with Crippen LogP contribution in [0.4, 0.5) is 4.39 Å². The van der Waals surface area contributed by atoms with Gasteiger partial charge in [-0.2, -0.15) is 0 Å². The maximum atomic E-state index is 13.2. The molecule has 0 amide bonds. The third kappa shape index (κ3) is 2.60. The maximum Gasteiger partial charge on any atom is 0.303 e. The summed E-state index contributed by atoms with van der Waals surface area (Å²) in [6.45, 7) is 5.23. The first-order valence-electron chi connectivity index (χ1n) is 5.49. The predicted molar refractivity (Wildman–Crippen MR) is 60.4 cm³/mol. The number of carbonyl (C=O) groups excluding carboxylic acids is 1. The highest BCUT2D eigenvalue weighted by Crippen LogP contribution is 2.33. The molecule has 0 saturated carbocycles. The van der Waals surface area contributed by atoms with Crippen LogP contribution in [0.2, 0.25) is 0 Å². The van der Waals surface area contributed by atoms with Crippen molar-refractivity contribution < 1.29 is 13.9 Å². The molecule has 0 bridgehead atoms. The summed E-state index contributed by atoms with van der Waals surface area (Å²) in [6.07, 6.45) is 1.26. The molecule has 88 valence electrons. The number of hydrogen-bond donors (Lipinski definition) is 0. The van der Waals surface area contributed by atoms with Crippen LogP contribution in [0.15, 0.2) is 24.3 Å². The van der Waals surface area contributed by atoms with E-state index in [0.717, 1.165) is 0 Å². The third-order valence-corrected chi connectivity index (χ3v) is 2.83. The summed E-state index contributed by atoms with van der Waals surface area (Å²) >= 11 is 0. The van der Waals surface area contributed by atoms with Crippen LogP contribution in [0.25, 0.3) is 0 Å². The van der Waals surface area contributed by atoms with Crippen molar-refractivity contribution in [1.82, 2.24) is 0 Å². The first kappa shape index (κ1) is 12.7. The second-order valence-electron chi connectivity index (χ2n) is 3.81. The minimum Gasteiger partial charge on any atom is -0.454 e. The number of esters is 1. The minimum absolute atomic E-state index is 0.309. The SMILES string of the molecule is CCC(CC)(OC(C)=O)c1cccc(F)c1. The van der Waals surface area contributed by atoms with Gasteiger partial charge in [0.15, 0.2) is 0 Å². The van der Waals surface area contributed by atoms with Gasteiger partial charge in [0.05, 0.1) is 0 Å². The van der Waals surface area contributed by atoms with Gasteiger partial charge in [0, 0.05) is 6.92 Å². The number of rotatable bonds is 4. The molecule has 0 aliphatic carbocycles. The van der Waals surface area contributed by atoms with E-state index >= 15 is 0 Å². The Morgan fingerprint density at radius 3 is 2.44 bits per heavy atom. The van der Waals surface area contributed by atoms with E-state index in [0.29, 0.717) is 18.4 Å². The summed E-state index contributed by atoms with van der Waals surface area (Å²) in [7, 11) is 0. The second kappa shape index (κ2) is 5.10. The largest absolute Gasteiger partial charge is 0.454 e. The van der Waals surface area contributed by atoms with Crippen molar-refractivity contribution >= 4 is 5.97 Å². The number of halogens is 1. The highest BCUT2D eigenvalue weighted by molar-refractivity contribution is 5.66. The number of hydrogen-bond acceptors (Lipinski definition) is 2. The molecule has 0 atom stereocenters. The van der Waals surface area contributed by atoms with Crippen LogP contribution in [0.5, 0.6) is 0 Å². The molecule has 0 heterocycles. The predicted octanol–water partition coefficient (Wildman–Crippen LogP) is 3.40. The summed E-state index contributed by atoms with van der Waals surface area (Å²) in [5.74, 6) is -0.649. The van der Waals surface area contributed by atoms with Crippen LogP contribution >= 0.6 is 0 Å². The molecule has 1 aromatic rings. The van der Waals surface area contributed by atoms with E-state index in [9.17, 15) is 9.18 Å². The summed E-state index contributed by atoms with van der Waals surface area (Å²) in [5.41, 5.74) is 0.0150. The van der Waals surface area contributed by atoms with Crippen LogP contribution < -0.4 is 0 Å². The second-order valence-corrected chi connectivity index (χ2v) is 3.81. The summed E-state index contributed by atoms with van der Waals surface area (Å²) < 4.78 is 18.5. The fourth-order valence-corrected chi connectivity index (χ4v) is 1.91. The van der Waals surface area contributed by atoms with E-state index in [1.165, 1.54) is 19.1 Å². The van der Waals surface area contributed by atoms with E-state index in [1.54, 1.807) is 12.1 Å². The lowest BCUT2D eigenvalue weighted by Crippen LogP contribution is -2.30. The molecule has 1 aromatic carbocycles. The molecule has 0 aromatic heterocycles. The average molecular weight is 224 g/mol. The van der Waals surface area contributed by atoms with Gasteiger partial charge in [0.1, 0.15) is 11.4 Å². The zero-order chi connectivity index (χ0) is 12.2. The number of ether oxygens (including phenoxy) is 1. The molecule has 0 radical (unpaired) electrons. The minimum atomic E-state index is -0.700. The Labute approximate surface area is 95.4 Å². The van der Waals surface area contributed by atoms with Crippen molar-refractivity contribution in [2.75, 3.05) is 0 Å². The lowest BCUT2D eigenvalue weighted by molar-refractivity contribution is -0.159. The van der Waals surface area contributed by atoms with Crippen molar-refractivity contribution in [3.8, 4) is 0 Å². The molecular weight excluding hydrogens is 207 g/mol. The van der Waals surface area contributed by atoms with Gasteiger partial charge in [-0.3, -0.25) is 4.79 Å². The van der Waals surface area contributed by atoms with E-state index < -0.39 is 5.60 Å². The highest BCUT2D eigenvalue weighted by Gasteiger charge is 2.31. The smallest absolute Gasteiger partial charge is 0.303 e. The zero-order valence-electron chi connectivity index (χ0n) is 9.92. The van der Waals surface area contributed by atoms with Gasteiger partial charge in [-0.1, -0.05) is 26.0 Å². The Hall–Kier alpha value is -1.38. The first-order valence-corrected chi connectivity index (χ1v) is 5.49. The molecule has 1 rings (SSSR count). The van der Waals surface area contributed by atoms with Crippen LogP contribution in [-0.2, 0) is 15.1 Å². The fraction of sp³-hybridized carbons (Fsp3) is 0.462. The lowest BCUT2D eigenvalue weighted by atomic mass is 9.88. The normalized spacial score (nSPS) is 11.2. The van der Waals surface area contributed by atoms with E-state index in [1.807, 2.05) is 13.8 Å². The molecule has 0 spiro atoms. The Morgan fingerprint density at radius 1 is 1.38 bits per heavy atom. The van der Waals surface area contributed by atoms with Crippen molar-refractivity contribution in [3.05, 3.63) is 35.6 Å². The summed E-state index contributed by atoms with van der Waals surface area (Å²) in [6, 6.07) is 6.23. The van der Waals surface area contributed by atoms with Gasteiger partial charge in [0.2, 0.25) is 0 Å². The number of benzene rings is 1. The standard InChI is InChI=1S/C13H17FO2/c1-4-13(5-2,16-10(3)15)11-7-6-8-12(14)9-11/h6-9H,4-5H2,1-3H3. The third-order valence-electron chi connectivity index (χ3n) is 2.83. The Kier molecular flexibility index (Phi) is 4.05. The topological polar surface area (TPSA) is 26.3 Å². The van der Waals surface area contributed by atoms with Gasteiger partial charge < -0.3 is 4.74 Å². The molecule has 0 saturated heterocycles. The molecule has 16 heavy (non-hydrogen) atoms. The summed E-state index contributed by atoms with van der Waals surface area (Å²) in [4.78, 5) is 11.1. The van der Waals surface area contributed by atoms with E-state index in [4.69, 9.17) is 4.74 Å². The molecule has 0 aliphatic heterocycles. The molecule has 0 aliphatic rings.